The lowest BCUT2D eigenvalue weighted by atomic mass is 10.1. The second-order valence-electron chi connectivity index (χ2n) is 7.26. The Morgan fingerprint density at radius 1 is 0.962 bits per heavy atom. The third-order valence-electron chi connectivity index (χ3n) is 5.18. The molecule has 0 amide bonds. The van der Waals surface area contributed by atoms with Gasteiger partial charge in [-0.1, -0.05) is 24.3 Å². The number of halogens is 1. The lowest BCUT2D eigenvalue weighted by Gasteiger charge is -2.32. The van der Waals surface area contributed by atoms with Crippen LogP contribution in [0.1, 0.15) is 30.9 Å². The van der Waals surface area contributed by atoms with E-state index in [-0.39, 0.29) is 24.0 Å². The van der Waals surface area contributed by atoms with Crippen LogP contribution in [0.3, 0.4) is 0 Å². The molecule has 0 aromatic heterocycles. The molecule has 0 radical (unpaired) electrons. The molecule has 0 atom stereocenters. The first-order chi connectivity index (χ1) is 12.2. The molecule has 146 valence electrons. The summed E-state index contributed by atoms with van der Waals surface area (Å²) in [6, 6.07) is 9.02. The van der Waals surface area contributed by atoms with Crippen molar-refractivity contribution in [3.8, 4) is 0 Å². The van der Waals surface area contributed by atoms with Crippen LogP contribution in [0.4, 0.5) is 0 Å². The normalized spacial score (nSPS) is 19.5. The second-order valence-corrected chi connectivity index (χ2v) is 7.26. The average molecular weight is 471 g/mol. The minimum Gasteiger partial charge on any atom is -0.357 e. The van der Waals surface area contributed by atoms with Crippen LogP contribution in [0, 0.1) is 0 Å². The molecule has 2 fully saturated rings. The highest BCUT2D eigenvalue weighted by Crippen LogP contribution is 2.12. The molecule has 26 heavy (non-hydrogen) atoms. The summed E-state index contributed by atoms with van der Waals surface area (Å²) >= 11 is 0. The van der Waals surface area contributed by atoms with E-state index in [0.717, 1.165) is 38.7 Å². The molecule has 2 aliphatic heterocycles. The quantitative estimate of drug-likeness (QED) is 0.407. The van der Waals surface area contributed by atoms with Crippen molar-refractivity contribution in [1.29, 1.82) is 0 Å². The van der Waals surface area contributed by atoms with Crippen molar-refractivity contribution < 1.29 is 0 Å². The van der Waals surface area contributed by atoms with Crippen LogP contribution in [-0.4, -0.2) is 73.5 Å². The molecule has 1 N–H and O–H groups in total. The van der Waals surface area contributed by atoms with Gasteiger partial charge in [0.1, 0.15) is 0 Å². The van der Waals surface area contributed by atoms with Crippen molar-refractivity contribution in [3.63, 3.8) is 0 Å². The van der Waals surface area contributed by atoms with Gasteiger partial charge >= 0.3 is 0 Å². The minimum atomic E-state index is 0. The van der Waals surface area contributed by atoms with Gasteiger partial charge in [-0.3, -0.25) is 4.90 Å². The van der Waals surface area contributed by atoms with Crippen molar-refractivity contribution in [2.45, 2.75) is 32.9 Å². The Kier molecular flexibility index (Phi) is 9.15. The molecular weight excluding hydrogens is 437 g/mol. The molecule has 0 saturated carbocycles. The molecule has 1 aromatic rings. The molecule has 2 heterocycles. The SMILES string of the molecule is CCNC(=NCc1ccc(CN2CCN(C)CC2)cc1)N1CCCC1.I. The Labute approximate surface area is 175 Å². The largest absolute Gasteiger partial charge is 0.357 e. The summed E-state index contributed by atoms with van der Waals surface area (Å²) in [6.45, 7) is 11.9. The first-order valence-electron chi connectivity index (χ1n) is 9.76. The van der Waals surface area contributed by atoms with Crippen molar-refractivity contribution in [2.24, 2.45) is 4.99 Å². The fraction of sp³-hybridized carbons (Fsp3) is 0.650. The molecular formula is C20H34IN5. The predicted octanol–water partition coefficient (Wildman–Crippen LogP) is 2.61. The monoisotopic (exact) mass is 471 g/mol. The molecule has 2 aliphatic rings. The summed E-state index contributed by atoms with van der Waals surface area (Å²) in [5, 5.41) is 3.43. The molecule has 0 unspecified atom stereocenters. The highest BCUT2D eigenvalue weighted by molar-refractivity contribution is 14.0. The van der Waals surface area contributed by atoms with E-state index in [2.05, 4.69) is 58.3 Å². The zero-order valence-electron chi connectivity index (χ0n) is 16.3. The smallest absolute Gasteiger partial charge is 0.194 e. The maximum absolute atomic E-state index is 4.83. The number of likely N-dealkylation sites (tertiary alicyclic amines) is 1. The lowest BCUT2D eigenvalue weighted by Crippen LogP contribution is -2.43. The summed E-state index contributed by atoms with van der Waals surface area (Å²) in [5.41, 5.74) is 2.69. The van der Waals surface area contributed by atoms with Gasteiger partial charge in [0, 0.05) is 52.4 Å². The fourth-order valence-corrected chi connectivity index (χ4v) is 3.54. The summed E-state index contributed by atoms with van der Waals surface area (Å²) in [4.78, 5) is 12.2. The molecule has 2 saturated heterocycles. The van der Waals surface area contributed by atoms with Crippen LogP contribution in [0.2, 0.25) is 0 Å². The van der Waals surface area contributed by atoms with Gasteiger partial charge in [0.25, 0.3) is 0 Å². The number of aliphatic imine (C=N–C) groups is 1. The molecule has 5 nitrogen and oxygen atoms in total. The van der Waals surface area contributed by atoms with Crippen LogP contribution in [0.25, 0.3) is 0 Å². The van der Waals surface area contributed by atoms with E-state index in [0.29, 0.717) is 0 Å². The maximum atomic E-state index is 4.83. The number of likely N-dealkylation sites (N-methyl/N-ethyl adjacent to an activating group) is 1. The number of hydrogen-bond donors (Lipinski definition) is 1. The number of rotatable bonds is 5. The number of nitrogens with one attached hydrogen (secondary N) is 1. The van der Waals surface area contributed by atoms with Crippen molar-refractivity contribution in [3.05, 3.63) is 35.4 Å². The molecule has 0 aliphatic carbocycles. The zero-order valence-corrected chi connectivity index (χ0v) is 18.6. The van der Waals surface area contributed by atoms with Crippen LogP contribution >= 0.6 is 24.0 Å². The van der Waals surface area contributed by atoms with Gasteiger partial charge in [-0.05, 0) is 37.9 Å². The highest BCUT2D eigenvalue weighted by atomic mass is 127. The van der Waals surface area contributed by atoms with E-state index in [1.54, 1.807) is 0 Å². The summed E-state index contributed by atoms with van der Waals surface area (Å²) in [6.07, 6.45) is 2.57. The van der Waals surface area contributed by atoms with E-state index in [4.69, 9.17) is 4.99 Å². The summed E-state index contributed by atoms with van der Waals surface area (Å²) in [5.74, 6) is 1.07. The second kappa shape index (κ2) is 11.1. The predicted molar refractivity (Wildman–Crippen MR) is 120 cm³/mol. The van der Waals surface area contributed by atoms with Crippen LogP contribution in [0.15, 0.2) is 29.3 Å². The van der Waals surface area contributed by atoms with Gasteiger partial charge in [-0.2, -0.15) is 0 Å². The first-order valence-corrected chi connectivity index (χ1v) is 9.76. The molecule has 0 bridgehead atoms. The van der Waals surface area contributed by atoms with Gasteiger partial charge in [0.2, 0.25) is 0 Å². The van der Waals surface area contributed by atoms with Crippen molar-refractivity contribution in [1.82, 2.24) is 20.0 Å². The molecule has 1 aromatic carbocycles. The van der Waals surface area contributed by atoms with Gasteiger partial charge in [-0.25, -0.2) is 4.99 Å². The van der Waals surface area contributed by atoms with Gasteiger partial charge < -0.3 is 15.1 Å². The van der Waals surface area contributed by atoms with Crippen molar-refractivity contribution in [2.75, 3.05) is 52.9 Å². The van der Waals surface area contributed by atoms with E-state index in [1.165, 1.54) is 50.1 Å². The number of hydrogen-bond acceptors (Lipinski definition) is 3. The molecule has 3 rings (SSSR count). The van der Waals surface area contributed by atoms with Crippen molar-refractivity contribution >= 4 is 29.9 Å². The summed E-state index contributed by atoms with van der Waals surface area (Å²) in [7, 11) is 2.20. The minimum absolute atomic E-state index is 0. The standard InChI is InChI=1S/C20H33N5.HI/c1-3-21-20(25-10-4-5-11-25)22-16-18-6-8-19(9-7-18)17-24-14-12-23(2)13-15-24;/h6-9H,3-5,10-17H2,1-2H3,(H,21,22);1H. The molecule has 0 spiro atoms. The third kappa shape index (κ3) is 6.39. The van der Waals surface area contributed by atoms with Crippen LogP contribution < -0.4 is 5.32 Å². The third-order valence-corrected chi connectivity index (χ3v) is 5.18. The van der Waals surface area contributed by atoms with Gasteiger partial charge in [0.05, 0.1) is 6.54 Å². The first kappa shape index (κ1) is 21.4. The molecule has 6 heteroatoms. The maximum Gasteiger partial charge on any atom is 0.194 e. The lowest BCUT2D eigenvalue weighted by molar-refractivity contribution is 0.148. The Balaban J connectivity index is 0.00000243. The Morgan fingerprint density at radius 3 is 2.19 bits per heavy atom. The topological polar surface area (TPSA) is 34.1 Å². The van der Waals surface area contributed by atoms with Gasteiger partial charge in [-0.15, -0.1) is 24.0 Å². The van der Waals surface area contributed by atoms with E-state index in [1.807, 2.05) is 0 Å². The summed E-state index contributed by atoms with van der Waals surface area (Å²) < 4.78 is 0. The van der Waals surface area contributed by atoms with E-state index < -0.39 is 0 Å². The highest BCUT2D eigenvalue weighted by Gasteiger charge is 2.15. The number of guanidine groups is 1. The zero-order chi connectivity index (χ0) is 17.5. The van der Waals surface area contributed by atoms with E-state index >= 15 is 0 Å². The fourth-order valence-electron chi connectivity index (χ4n) is 3.54. The number of benzene rings is 1. The Bertz CT molecular complexity index is 546. The number of nitrogens with zero attached hydrogens (tertiary/aromatic N) is 4. The number of piperazine rings is 1. The van der Waals surface area contributed by atoms with E-state index in [9.17, 15) is 0 Å². The Hall–Kier alpha value is -0.860. The van der Waals surface area contributed by atoms with Crippen LogP contribution in [0.5, 0.6) is 0 Å². The Morgan fingerprint density at radius 2 is 1.58 bits per heavy atom. The van der Waals surface area contributed by atoms with Crippen LogP contribution in [-0.2, 0) is 13.1 Å². The average Bonchev–Trinajstić information content (AvgIpc) is 3.16. The van der Waals surface area contributed by atoms with Gasteiger partial charge in [0.15, 0.2) is 5.96 Å².